The van der Waals surface area contributed by atoms with Gasteiger partial charge in [0.1, 0.15) is 10.7 Å². The fraction of sp³-hybridized carbons (Fsp3) is 0.267. The maximum absolute atomic E-state index is 12.1. The van der Waals surface area contributed by atoms with E-state index < -0.39 is 0 Å². The minimum absolute atomic E-state index is 0.0972. The van der Waals surface area contributed by atoms with E-state index in [-0.39, 0.29) is 5.91 Å². The summed E-state index contributed by atoms with van der Waals surface area (Å²) in [6, 6.07) is 5.47. The number of carbonyl (C=O) groups excluding carboxylic acids is 1. The molecular weight excluding hydrogens is 326 g/mol. The minimum atomic E-state index is -0.0972. The lowest BCUT2D eigenvalue weighted by Crippen LogP contribution is -2.28. The van der Waals surface area contributed by atoms with Crippen molar-refractivity contribution in [1.82, 2.24) is 30.3 Å². The molecule has 0 radical (unpaired) electrons. The van der Waals surface area contributed by atoms with Crippen molar-refractivity contribution in [1.29, 1.82) is 0 Å². The summed E-state index contributed by atoms with van der Waals surface area (Å²) < 4.78 is 1.64. The second-order valence-corrected chi connectivity index (χ2v) is 6.26. The molecule has 124 valence electrons. The molecule has 0 saturated carbocycles. The van der Waals surface area contributed by atoms with E-state index in [0.29, 0.717) is 29.6 Å². The first kappa shape index (κ1) is 16.1. The van der Waals surface area contributed by atoms with Crippen molar-refractivity contribution in [2.75, 3.05) is 18.4 Å². The highest BCUT2D eigenvalue weighted by Gasteiger charge is 2.12. The molecule has 3 aromatic rings. The molecule has 3 rings (SSSR count). The van der Waals surface area contributed by atoms with E-state index >= 15 is 0 Å². The van der Waals surface area contributed by atoms with Gasteiger partial charge in [-0.15, -0.1) is 21.5 Å². The standard InChI is InChI=1S/C15H17N7OS/c1-10-14(24-11(2)19-10)15(23)17-8-7-16-12-4-5-13(21-20-12)22-9-3-6-18-22/h3-6,9H,7-8H2,1-2H3,(H,16,20)(H,17,23). The fourth-order valence-corrected chi connectivity index (χ4v) is 2.97. The Morgan fingerprint density at radius 3 is 2.75 bits per heavy atom. The smallest absolute Gasteiger partial charge is 0.263 e. The summed E-state index contributed by atoms with van der Waals surface area (Å²) in [5.74, 6) is 1.19. The third-order valence-corrected chi connectivity index (χ3v) is 4.29. The first-order valence-electron chi connectivity index (χ1n) is 7.43. The number of nitrogens with zero attached hydrogens (tertiary/aromatic N) is 5. The molecule has 0 unspecified atom stereocenters. The first-order valence-corrected chi connectivity index (χ1v) is 8.25. The van der Waals surface area contributed by atoms with Crippen LogP contribution in [0.5, 0.6) is 0 Å². The van der Waals surface area contributed by atoms with Crippen LogP contribution in [0, 0.1) is 13.8 Å². The Bertz CT molecular complexity index is 811. The van der Waals surface area contributed by atoms with Crippen molar-refractivity contribution in [2.45, 2.75) is 13.8 Å². The SMILES string of the molecule is Cc1nc(C)c(C(=O)NCCNc2ccc(-n3cccn3)nn2)s1. The maximum atomic E-state index is 12.1. The van der Waals surface area contributed by atoms with Crippen molar-refractivity contribution in [3.05, 3.63) is 46.2 Å². The van der Waals surface area contributed by atoms with E-state index in [4.69, 9.17) is 0 Å². The largest absolute Gasteiger partial charge is 0.367 e. The summed E-state index contributed by atoms with van der Waals surface area (Å²) in [7, 11) is 0. The molecule has 0 fully saturated rings. The van der Waals surface area contributed by atoms with Gasteiger partial charge in [-0.3, -0.25) is 4.79 Å². The molecular formula is C15H17N7OS. The Hall–Kier alpha value is -2.81. The van der Waals surface area contributed by atoms with Crippen molar-refractivity contribution < 1.29 is 4.79 Å². The Labute approximate surface area is 143 Å². The van der Waals surface area contributed by atoms with Gasteiger partial charge >= 0.3 is 0 Å². The molecule has 8 nitrogen and oxygen atoms in total. The van der Waals surface area contributed by atoms with Crippen LogP contribution in [0.15, 0.2) is 30.6 Å². The van der Waals surface area contributed by atoms with Crippen LogP contribution < -0.4 is 10.6 Å². The van der Waals surface area contributed by atoms with Gasteiger partial charge in [-0.05, 0) is 32.0 Å². The van der Waals surface area contributed by atoms with Crippen LogP contribution in [-0.2, 0) is 0 Å². The molecule has 0 bridgehead atoms. The molecule has 0 aliphatic rings. The van der Waals surface area contributed by atoms with Gasteiger partial charge in [0.25, 0.3) is 5.91 Å². The van der Waals surface area contributed by atoms with E-state index in [9.17, 15) is 4.79 Å². The second-order valence-electron chi connectivity index (χ2n) is 5.06. The highest BCUT2D eigenvalue weighted by atomic mass is 32.1. The lowest BCUT2D eigenvalue weighted by atomic mass is 10.3. The molecule has 3 heterocycles. The van der Waals surface area contributed by atoms with Gasteiger partial charge < -0.3 is 10.6 Å². The van der Waals surface area contributed by atoms with E-state index in [0.717, 1.165) is 10.7 Å². The third kappa shape index (κ3) is 3.74. The highest BCUT2D eigenvalue weighted by Crippen LogP contribution is 2.16. The monoisotopic (exact) mass is 343 g/mol. The number of aromatic nitrogens is 5. The van der Waals surface area contributed by atoms with Crippen molar-refractivity contribution in [2.24, 2.45) is 0 Å². The van der Waals surface area contributed by atoms with Gasteiger partial charge in [-0.2, -0.15) is 5.10 Å². The Balaban J connectivity index is 1.46. The minimum Gasteiger partial charge on any atom is -0.367 e. The van der Waals surface area contributed by atoms with Gasteiger partial charge in [0, 0.05) is 25.5 Å². The normalized spacial score (nSPS) is 10.6. The van der Waals surface area contributed by atoms with Gasteiger partial charge in [0.05, 0.1) is 10.7 Å². The van der Waals surface area contributed by atoms with E-state index in [2.05, 4.69) is 30.9 Å². The number of rotatable bonds is 6. The Kier molecular flexibility index (Phi) is 4.80. The molecule has 0 atom stereocenters. The maximum Gasteiger partial charge on any atom is 0.263 e. The molecule has 0 spiro atoms. The zero-order valence-corrected chi connectivity index (χ0v) is 14.2. The summed E-state index contributed by atoms with van der Waals surface area (Å²) in [6.45, 7) is 4.77. The van der Waals surface area contributed by atoms with Crippen LogP contribution in [0.25, 0.3) is 5.82 Å². The van der Waals surface area contributed by atoms with Crippen LogP contribution in [0.1, 0.15) is 20.4 Å². The summed E-state index contributed by atoms with van der Waals surface area (Å²) in [5, 5.41) is 19.1. The number of aryl methyl sites for hydroxylation is 2. The van der Waals surface area contributed by atoms with Gasteiger partial charge in [0.2, 0.25) is 0 Å². The van der Waals surface area contributed by atoms with Crippen LogP contribution >= 0.6 is 11.3 Å². The molecule has 0 aliphatic heterocycles. The topological polar surface area (TPSA) is 97.6 Å². The lowest BCUT2D eigenvalue weighted by Gasteiger charge is -2.07. The number of nitrogens with one attached hydrogen (secondary N) is 2. The molecule has 9 heteroatoms. The number of anilines is 1. The first-order chi connectivity index (χ1) is 11.6. The lowest BCUT2D eigenvalue weighted by molar-refractivity contribution is 0.0958. The predicted molar refractivity (Wildman–Crippen MR) is 91.6 cm³/mol. The van der Waals surface area contributed by atoms with E-state index in [1.54, 1.807) is 17.1 Å². The van der Waals surface area contributed by atoms with E-state index in [1.165, 1.54) is 11.3 Å². The van der Waals surface area contributed by atoms with Crippen LogP contribution in [0.3, 0.4) is 0 Å². The van der Waals surface area contributed by atoms with Gasteiger partial charge in [0.15, 0.2) is 5.82 Å². The summed E-state index contributed by atoms with van der Waals surface area (Å²) >= 11 is 1.40. The summed E-state index contributed by atoms with van der Waals surface area (Å²) in [6.07, 6.45) is 3.48. The van der Waals surface area contributed by atoms with Crippen molar-refractivity contribution in [3.63, 3.8) is 0 Å². The summed E-state index contributed by atoms with van der Waals surface area (Å²) in [5.41, 5.74) is 0.767. The molecule has 2 N–H and O–H groups in total. The van der Waals surface area contributed by atoms with Crippen molar-refractivity contribution in [3.8, 4) is 5.82 Å². The number of hydrogen-bond acceptors (Lipinski definition) is 7. The molecule has 0 aliphatic carbocycles. The number of thiazole rings is 1. The number of hydrogen-bond donors (Lipinski definition) is 2. The fourth-order valence-electron chi connectivity index (χ4n) is 2.13. The molecule has 3 aromatic heterocycles. The molecule has 0 saturated heterocycles. The third-order valence-electron chi connectivity index (χ3n) is 3.22. The van der Waals surface area contributed by atoms with E-state index in [1.807, 2.05) is 32.0 Å². The van der Waals surface area contributed by atoms with Crippen LogP contribution in [0.4, 0.5) is 5.82 Å². The zero-order chi connectivity index (χ0) is 16.9. The average Bonchev–Trinajstić information content (AvgIpc) is 3.21. The molecule has 24 heavy (non-hydrogen) atoms. The zero-order valence-electron chi connectivity index (χ0n) is 13.4. The number of amides is 1. The molecule has 0 aromatic carbocycles. The Morgan fingerprint density at radius 2 is 2.12 bits per heavy atom. The van der Waals surface area contributed by atoms with Crippen LogP contribution in [-0.4, -0.2) is 44.0 Å². The Morgan fingerprint density at radius 1 is 1.25 bits per heavy atom. The predicted octanol–water partition coefficient (Wildman–Crippen LogP) is 1.58. The summed E-state index contributed by atoms with van der Waals surface area (Å²) in [4.78, 5) is 17.0. The van der Waals surface area contributed by atoms with Gasteiger partial charge in [-0.1, -0.05) is 0 Å². The second kappa shape index (κ2) is 7.18. The quantitative estimate of drug-likeness (QED) is 0.660. The van der Waals surface area contributed by atoms with Crippen LogP contribution in [0.2, 0.25) is 0 Å². The molecule has 1 amide bonds. The average molecular weight is 343 g/mol. The highest BCUT2D eigenvalue weighted by molar-refractivity contribution is 7.13. The number of carbonyl (C=O) groups is 1. The van der Waals surface area contributed by atoms with Gasteiger partial charge in [-0.25, -0.2) is 9.67 Å². The van der Waals surface area contributed by atoms with Crippen molar-refractivity contribution >= 4 is 23.1 Å².